The van der Waals surface area contributed by atoms with Crippen LogP contribution in [0.1, 0.15) is 6.42 Å². The molecule has 0 aromatic heterocycles. The summed E-state index contributed by atoms with van der Waals surface area (Å²) < 4.78 is 10.2. The van der Waals surface area contributed by atoms with Crippen LogP contribution in [0.3, 0.4) is 0 Å². The molecule has 1 aliphatic heterocycles. The number of para-hydroxylation sites is 1. The molecule has 0 bridgehead atoms. The monoisotopic (exact) mass is 368 g/mol. The predicted octanol–water partition coefficient (Wildman–Crippen LogP) is 2.23. The highest BCUT2D eigenvalue weighted by Gasteiger charge is 2.36. The van der Waals surface area contributed by atoms with Crippen LogP contribution in [0.25, 0.3) is 0 Å². The third-order valence-corrected chi connectivity index (χ3v) is 4.25. The van der Waals surface area contributed by atoms with E-state index in [1.807, 2.05) is 6.07 Å². The quantitative estimate of drug-likeness (QED) is 0.791. The molecule has 1 N–H and O–H groups in total. The number of anilines is 2. The molecule has 1 fully saturated rings. The fourth-order valence-electron chi connectivity index (χ4n) is 2.85. The minimum Gasteiger partial charge on any atom is -0.497 e. The van der Waals surface area contributed by atoms with E-state index in [-0.39, 0.29) is 25.5 Å². The molecule has 2 aromatic carbocycles. The summed E-state index contributed by atoms with van der Waals surface area (Å²) in [7, 11) is 1.57. The van der Waals surface area contributed by atoms with Crippen LogP contribution in [-0.4, -0.2) is 38.0 Å². The molecule has 1 saturated heterocycles. The minimum absolute atomic E-state index is 0.0607. The number of nitrogens with one attached hydrogen (secondary N) is 1. The van der Waals surface area contributed by atoms with Gasteiger partial charge in [-0.1, -0.05) is 18.2 Å². The Morgan fingerprint density at radius 3 is 2.48 bits per heavy atom. The Labute approximate surface area is 156 Å². The SMILES string of the molecule is COc1ccc(N2C[C@@H](C(=O)OCC(=O)Nc3ccccc3)CC2=O)cc1. The maximum absolute atomic E-state index is 12.2. The molecule has 1 aliphatic rings. The zero-order valence-corrected chi connectivity index (χ0v) is 14.9. The second-order valence-electron chi connectivity index (χ2n) is 6.13. The van der Waals surface area contributed by atoms with Gasteiger partial charge in [-0.3, -0.25) is 14.4 Å². The minimum atomic E-state index is -0.593. The Bertz CT molecular complexity index is 820. The number of benzene rings is 2. The van der Waals surface area contributed by atoms with Crippen molar-refractivity contribution in [3.05, 3.63) is 54.6 Å². The van der Waals surface area contributed by atoms with Gasteiger partial charge >= 0.3 is 5.97 Å². The third-order valence-electron chi connectivity index (χ3n) is 4.25. The molecular weight excluding hydrogens is 348 g/mol. The number of ether oxygens (including phenoxy) is 2. The van der Waals surface area contributed by atoms with Gasteiger partial charge in [0, 0.05) is 24.3 Å². The zero-order valence-electron chi connectivity index (χ0n) is 14.9. The topological polar surface area (TPSA) is 84.9 Å². The molecule has 7 heteroatoms. The largest absolute Gasteiger partial charge is 0.497 e. The summed E-state index contributed by atoms with van der Waals surface area (Å²) in [5.74, 6) is -1.04. The fraction of sp³-hybridized carbons (Fsp3) is 0.250. The molecule has 140 valence electrons. The summed E-state index contributed by atoms with van der Waals surface area (Å²) >= 11 is 0. The molecular formula is C20H20N2O5. The van der Waals surface area contributed by atoms with Crippen LogP contribution in [0.2, 0.25) is 0 Å². The summed E-state index contributed by atoms with van der Waals surface area (Å²) in [6.45, 7) is -0.161. The molecule has 0 saturated carbocycles. The number of carbonyl (C=O) groups excluding carboxylic acids is 3. The van der Waals surface area contributed by atoms with Crippen molar-refractivity contribution in [1.29, 1.82) is 0 Å². The number of carbonyl (C=O) groups is 3. The number of methoxy groups -OCH3 is 1. The van der Waals surface area contributed by atoms with Crippen LogP contribution in [0, 0.1) is 5.92 Å². The lowest BCUT2D eigenvalue weighted by atomic mass is 10.1. The second-order valence-corrected chi connectivity index (χ2v) is 6.13. The molecule has 0 spiro atoms. The Kier molecular flexibility index (Phi) is 5.71. The van der Waals surface area contributed by atoms with Crippen LogP contribution in [-0.2, 0) is 19.1 Å². The van der Waals surface area contributed by atoms with E-state index in [0.29, 0.717) is 17.1 Å². The van der Waals surface area contributed by atoms with Gasteiger partial charge in [-0.15, -0.1) is 0 Å². The van der Waals surface area contributed by atoms with E-state index in [2.05, 4.69) is 5.32 Å². The van der Waals surface area contributed by atoms with Gasteiger partial charge < -0.3 is 19.7 Å². The Hall–Kier alpha value is -3.35. The molecule has 0 aliphatic carbocycles. The summed E-state index contributed by atoms with van der Waals surface area (Å²) in [5, 5.41) is 2.64. The lowest BCUT2D eigenvalue weighted by Crippen LogP contribution is -2.28. The van der Waals surface area contributed by atoms with E-state index >= 15 is 0 Å². The van der Waals surface area contributed by atoms with Crippen molar-refractivity contribution in [2.24, 2.45) is 5.92 Å². The predicted molar refractivity (Wildman–Crippen MR) is 99.5 cm³/mol. The average molecular weight is 368 g/mol. The highest BCUT2D eigenvalue weighted by Crippen LogP contribution is 2.27. The van der Waals surface area contributed by atoms with Crippen molar-refractivity contribution >= 4 is 29.2 Å². The van der Waals surface area contributed by atoms with E-state index in [4.69, 9.17) is 9.47 Å². The molecule has 1 heterocycles. The van der Waals surface area contributed by atoms with Gasteiger partial charge in [0.05, 0.1) is 13.0 Å². The molecule has 3 rings (SSSR count). The first-order valence-electron chi connectivity index (χ1n) is 8.53. The first kappa shape index (κ1) is 18.4. The van der Waals surface area contributed by atoms with Gasteiger partial charge in [0.25, 0.3) is 5.91 Å². The molecule has 2 aromatic rings. The standard InChI is InChI=1S/C20H20N2O5/c1-26-17-9-7-16(8-10-17)22-12-14(11-19(22)24)20(25)27-13-18(23)21-15-5-3-2-4-6-15/h2-10,14H,11-13H2,1H3,(H,21,23)/t14-/m0/s1. The highest BCUT2D eigenvalue weighted by atomic mass is 16.5. The molecule has 7 nitrogen and oxygen atoms in total. The second kappa shape index (κ2) is 8.35. The van der Waals surface area contributed by atoms with Crippen LogP contribution in [0.5, 0.6) is 5.75 Å². The van der Waals surface area contributed by atoms with E-state index in [1.54, 1.807) is 55.6 Å². The normalized spacial score (nSPS) is 16.1. The van der Waals surface area contributed by atoms with Gasteiger partial charge in [-0.25, -0.2) is 0 Å². The van der Waals surface area contributed by atoms with Crippen LogP contribution in [0.15, 0.2) is 54.6 Å². The number of hydrogen-bond donors (Lipinski definition) is 1. The summed E-state index contributed by atoms with van der Waals surface area (Å²) in [6, 6.07) is 15.9. The van der Waals surface area contributed by atoms with E-state index in [9.17, 15) is 14.4 Å². The Morgan fingerprint density at radius 2 is 1.81 bits per heavy atom. The fourth-order valence-corrected chi connectivity index (χ4v) is 2.85. The van der Waals surface area contributed by atoms with Gasteiger partial charge in [-0.2, -0.15) is 0 Å². The van der Waals surface area contributed by atoms with Crippen molar-refractivity contribution in [1.82, 2.24) is 0 Å². The highest BCUT2D eigenvalue weighted by molar-refractivity contribution is 6.00. The van der Waals surface area contributed by atoms with Crippen molar-refractivity contribution < 1.29 is 23.9 Å². The van der Waals surface area contributed by atoms with Crippen molar-refractivity contribution in [2.45, 2.75) is 6.42 Å². The number of amides is 2. The first-order chi connectivity index (χ1) is 13.1. The number of hydrogen-bond acceptors (Lipinski definition) is 5. The summed E-state index contributed by atoms with van der Waals surface area (Å²) in [5.41, 5.74) is 1.32. The van der Waals surface area contributed by atoms with E-state index in [1.165, 1.54) is 4.90 Å². The Balaban J connectivity index is 1.51. The van der Waals surface area contributed by atoms with Crippen LogP contribution >= 0.6 is 0 Å². The number of rotatable bonds is 6. The van der Waals surface area contributed by atoms with E-state index in [0.717, 1.165) is 0 Å². The van der Waals surface area contributed by atoms with Crippen LogP contribution < -0.4 is 15.0 Å². The molecule has 27 heavy (non-hydrogen) atoms. The zero-order chi connectivity index (χ0) is 19.2. The maximum Gasteiger partial charge on any atom is 0.311 e. The smallest absolute Gasteiger partial charge is 0.311 e. The van der Waals surface area contributed by atoms with Crippen LogP contribution in [0.4, 0.5) is 11.4 Å². The van der Waals surface area contributed by atoms with Gasteiger partial charge in [0.1, 0.15) is 5.75 Å². The average Bonchev–Trinajstić information content (AvgIpc) is 3.09. The molecule has 0 radical (unpaired) electrons. The Morgan fingerprint density at radius 1 is 1.11 bits per heavy atom. The molecule has 1 atom stereocenters. The number of esters is 1. The van der Waals surface area contributed by atoms with Crippen molar-refractivity contribution in [3.63, 3.8) is 0 Å². The number of nitrogens with zero attached hydrogens (tertiary/aromatic N) is 1. The van der Waals surface area contributed by atoms with Gasteiger partial charge in [0.15, 0.2) is 6.61 Å². The first-order valence-corrected chi connectivity index (χ1v) is 8.53. The lowest BCUT2D eigenvalue weighted by Gasteiger charge is -2.16. The molecule has 2 amide bonds. The van der Waals surface area contributed by atoms with Gasteiger partial charge in [-0.05, 0) is 36.4 Å². The van der Waals surface area contributed by atoms with Crippen molar-refractivity contribution in [3.8, 4) is 5.75 Å². The van der Waals surface area contributed by atoms with Crippen molar-refractivity contribution in [2.75, 3.05) is 30.5 Å². The molecule has 0 unspecified atom stereocenters. The summed E-state index contributed by atoms with van der Waals surface area (Å²) in [6.07, 6.45) is 0.0607. The third kappa shape index (κ3) is 4.63. The maximum atomic E-state index is 12.2. The summed E-state index contributed by atoms with van der Waals surface area (Å²) in [4.78, 5) is 37.9. The van der Waals surface area contributed by atoms with Gasteiger partial charge in [0.2, 0.25) is 5.91 Å². The van der Waals surface area contributed by atoms with E-state index < -0.39 is 17.8 Å². The lowest BCUT2D eigenvalue weighted by molar-refractivity contribution is -0.151.